The van der Waals surface area contributed by atoms with Crippen LogP contribution in [-0.2, 0) is 16.1 Å². The quantitative estimate of drug-likeness (QED) is 0.410. The van der Waals surface area contributed by atoms with E-state index in [4.69, 9.17) is 20.2 Å². The number of imidazole rings is 1. The summed E-state index contributed by atoms with van der Waals surface area (Å²) < 4.78 is 13.1. The van der Waals surface area contributed by atoms with E-state index in [2.05, 4.69) is 4.98 Å². The Morgan fingerprint density at radius 3 is 2.82 bits per heavy atom. The Morgan fingerprint density at radius 2 is 2.00 bits per heavy atom. The fraction of sp³-hybridized carbons (Fsp3) is 0.296. The van der Waals surface area contributed by atoms with Crippen molar-refractivity contribution in [2.24, 2.45) is 5.92 Å². The number of anilines is 1. The van der Waals surface area contributed by atoms with E-state index in [-0.39, 0.29) is 17.8 Å². The normalized spacial score (nSPS) is 18.0. The second-order valence-corrected chi connectivity index (χ2v) is 8.74. The van der Waals surface area contributed by atoms with Crippen molar-refractivity contribution in [1.82, 2.24) is 14.4 Å². The van der Waals surface area contributed by atoms with Gasteiger partial charge in [0, 0.05) is 23.9 Å². The molecule has 4 aromatic rings. The number of carbonyl (C=O) groups excluding carboxylic acids is 1. The third-order valence-electron chi connectivity index (χ3n) is 6.54. The molecular formula is C27H28N4O3. The molecule has 2 N–H and O–H groups in total. The van der Waals surface area contributed by atoms with Crippen molar-refractivity contribution >= 4 is 17.3 Å². The van der Waals surface area contributed by atoms with Crippen LogP contribution in [0.5, 0.6) is 5.75 Å². The summed E-state index contributed by atoms with van der Waals surface area (Å²) in [6.45, 7) is 0.486. The predicted octanol–water partition coefficient (Wildman–Crippen LogP) is 5.00. The second kappa shape index (κ2) is 9.55. The molecule has 1 fully saturated rings. The molecule has 174 valence electrons. The number of hydrogen-bond acceptors (Lipinski definition) is 6. The molecule has 0 aliphatic heterocycles. The van der Waals surface area contributed by atoms with Crippen LogP contribution in [0.25, 0.3) is 16.8 Å². The lowest BCUT2D eigenvalue weighted by atomic mass is 9.81. The number of ether oxygens (including phenoxy) is 2. The van der Waals surface area contributed by atoms with Gasteiger partial charge in [0.2, 0.25) is 0 Å². The van der Waals surface area contributed by atoms with E-state index in [9.17, 15) is 4.79 Å². The van der Waals surface area contributed by atoms with Crippen LogP contribution >= 0.6 is 0 Å². The minimum Gasteiger partial charge on any atom is -0.489 e. The largest absolute Gasteiger partial charge is 0.489 e. The first kappa shape index (κ1) is 21.9. The molecule has 2 atom stereocenters. The summed E-state index contributed by atoms with van der Waals surface area (Å²) in [5.74, 6) is 1.98. The molecule has 2 unspecified atom stereocenters. The molecule has 7 heteroatoms. The lowest BCUT2D eigenvalue weighted by Gasteiger charge is -2.26. The molecule has 0 saturated heterocycles. The molecule has 0 amide bonds. The Labute approximate surface area is 198 Å². The minimum absolute atomic E-state index is 0.103. The maximum Gasteiger partial charge on any atom is 0.308 e. The van der Waals surface area contributed by atoms with Crippen molar-refractivity contribution in [2.45, 2.75) is 38.2 Å². The van der Waals surface area contributed by atoms with Gasteiger partial charge >= 0.3 is 5.97 Å². The van der Waals surface area contributed by atoms with Gasteiger partial charge in [0.1, 0.15) is 35.2 Å². The topological polar surface area (TPSA) is 91.7 Å². The smallest absolute Gasteiger partial charge is 0.308 e. The first-order chi connectivity index (χ1) is 16.6. The van der Waals surface area contributed by atoms with Gasteiger partial charge in [-0.15, -0.1) is 0 Å². The van der Waals surface area contributed by atoms with Crippen LogP contribution in [0.1, 0.15) is 43.0 Å². The molecular weight excluding hydrogens is 428 g/mol. The number of carbonyl (C=O) groups is 1. The zero-order valence-corrected chi connectivity index (χ0v) is 19.2. The molecule has 2 aromatic heterocycles. The molecule has 34 heavy (non-hydrogen) atoms. The van der Waals surface area contributed by atoms with Gasteiger partial charge in [-0.25, -0.2) is 9.97 Å². The Balaban J connectivity index is 1.49. The second-order valence-electron chi connectivity index (χ2n) is 8.74. The fourth-order valence-corrected chi connectivity index (χ4v) is 4.86. The average Bonchev–Trinajstić information content (AvgIpc) is 3.29. The van der Waals surface area contributed by atoms with Crippen LogP contribution < -0.4 is 10.5 Å². The molecule has 7 nitrogen and oxygen atoms in total. The first-order valence-corrected chi connectivity index (χ1v) is 11.6. The van der Waals surface area contributed by atoms with Crippen LogP contribution in [0.4, 0.5) is 5.82 Å². The van der Waals surface area contributed by atoms with Gasteiger partial charge in [0.05, 0.1) is 13.0 Å². The van der Waals surface area contributed by atoms with Gasteiger partial charge < -0.3 is 15.2 Å². The monoisotopic (exact) mass is 456 g/mol. The number of methoxy groups -OCH3 is 1. The van der Waals surface area contributed by atoms with E-state index in [1.54, 1.807) is 6.20 Å². The highest BCUT2D eigenvalue weighted by atomic mass is 16.5. The summed E-state index contributed by atoms with van der Waals surface area (Å²) in [5, 5.41) is 0. The number of nitrogen functional groups attached to an aromatic ring is 1. The summed E-state index contributed by atoms with van der Waals surface area (Å²) in [6.07, 6.45) is 7.08. The Morgan fingerprint density at radius 1 is 1.15 bits per heavy atom. The van der Waals surface area contributed by atoms with Gasteiger partial charge in [-0.1, -0.05) is 48.9 Å². The third kappa shape index (κ3) is 4.33. The van der Waals surface area contributed by atoms with Gasteiger partial charge in [0.25, 0.3) is 0 Å². The standard InChI is InChI=1S/C27H28N4O3/c1-33-27(32)21-11-5-10-20(15-21)26-30-23(24-25(28)29-13-14-31(24)26)19-9-6-12-22(16-19)34-17-18-7-3-2-4-8-18/h2-4,6-9,12-14,16,20-21H,5,10-11,15,17H2,1H3,(H2,28,29). The third-order valence-corrected chi connectivity index (χ3v) is 6.54. The number of rotatable bonds is 6. The van der Waals surface area contributed by atoms with Crippen LogP contribution in [0.15, 0.2) is 67.0 Å². The molecule has 0 spiro atoms. The van der Waals surface area contributed by atoms with Crippen LogP contribution in [0, 0.1) is 5.92 Å². The van der Waals surface area contributed by atoms with Crippen LogP contribution in [0.3, 0.4) is 0 Å². The number of nitrogens with zero attached hydrogens (tertiary/aromatic N) is 3. The van der Waals surface area contributed by atoms with Crippen molar-refractivity contribution in [3.63, 3.8) is 0 Å². The summed E-state index contributed by atoms with van der Waals surface area (Å²) in [4.78, 5) is 21.6. The molecule has 5 rings (SSSR count). The molecule has 1 aliphatic carbocycles. The van der Waals surface area contributed by atoms with Gasteiger partial charge in [-0.2, -0.15) is 0 Å². The van der Waals surface area contributed by atoms with E-state index >= 15 is 0 Å². The van der Waals surface area contributed by atoms with E-state index in [1.807, 2.05) is 65.2 Å². The summed E-state index contributed by atoms with van der Waals surface area (Å²) >= 11 is 0. The van der Waals surface area contributed by atoms with Gasteiger partial charge in [-0.05, 0) is 37.0 Å². The Hall–Kier alpha value is -3.87. The molecule has 1 aliphatic rings. The van der Waals surface area contributed by atoms with Gasteiger partial charge in [-0.3, -0.25) is 9.20 Å². The van der Waals surface area contributed by atoms with Gasteiger partial charge in [0.15, 0.2) is 0 Å². The minimum atomic E-state index is -0.143. The summed E-state index contributed by atoms with van der Waals surface area (Å²) in [7, 11) is 1.45. The molecule has 0 bridgehead atoms. The SMILES string of the molecule is COC(=O)C1CCCC(c2nc(-c3cccc(OCc4ccccc4)c3)c3c(N)nccn23)C1. The molecule has 0 radical (unpaired) electrons. The molecule has 1 saturated carbocycles. The van der Waals surface area contributed by atoms with E-state index < -0.39 is 0 Å². The van der Waals surface area contributed by atoms with E-state index in [0.29, 0.717) is 18.8 Å². The van der Waals surface area contributed by atoms with Crippen molar-refractivity contribution in [3.8, 4) is 17.0 Å². The number of esters is 1. The number of nitrogens with two attached hydrogens (primary N) is 1. The number of hydrogen-bond donors (Lipinski definition) is 1. The van der Waals surface area contributed by atoms with Crippen molar-refractivity contribution in [3.05, 3.63) is 78.4 Å². The first-order valence-electron chi connectivity index (χ1n) is 11.6. The zero-order valence-electron chi connectivity index (χ0n) is 19.2. The maximum atomic E-state index is 12.2. The predicted molar refractivity (Wildman–Crippen MR) is 130 cm³/mol. The lowest BCUT2D eigenvalue weighted by molar-refractivity contribution is -0.146. The van der Waals surface area contributed by atoms with Crippen LogP contribution in [-0.4, -0.2) is 27.4 Å². The lowest BCUT2D eigenvalue weighted by Crippen LogP contribution is -2.24. The van der Waals surface area contributed by atoms with Crippen molar-refractivity contribution < 1.29 is 14.3 Å². The highest BCUT2D eigenvalue weighted by molar-refractivity contribution is 5.85. The Bertz CT molecular complexity index is 1300. The summed E-state index contributed by atoms with van der Waals surface area (Å²) in [5.41, 5.74) is 9.89. The molecule has 2 heterocycles. The average molecular weight is 457 g/mol. The fourth-order valence-electron chi connectivity index (χ4n) is 4.86. The zero-order chi connectivity index (χ0) is 23.5. The number of benzene rings is 2. The van der Waals surface area contributed by atoms with Crippen LogP contribution in [0.2, 0.25) is 0 Å². The highest BCUT2D eigenvalue weighted by Gasteiger charge is 2.32. The molecule has 2 aromatic carbocycles. The van der Waals surface area contributed by atoms with Crippen molar-refractivity contribution in [2.75, 3.05) is 12.8 Å². The highest BCUT2D eigenvalue weighted by Crippen LogP contribution is 2.39. The maximum absolute atomic E-state index is 12.2. The van der Waals surface area contributed by atoms with Crippen molar-refractivity contribution in [1.29, 1.82) is 0 Å². The summed E-state index contributed by atoms with van der Waals surface area (Å²) in [6, 6.07) is 18.0. The Kier molecular flexibility index (Phi) is 6.16. The number of aromatic nitrogens is 3. The van der Waals surface area contributed by atoms with E-state index in [1.165, 1.54) is 7.11 Å². The van der Waals surface area contributed by atoms with E-state index in [0.717, 1.165) is 53.2 Å². The number of fused-ring (bicyclic) bond motifs is 1.